The molecule has 5 rings (SSSR count). The van der Waals surface area contributed by atoms with E-state index in [2.05, 4.69) is 16.0 Å². The predicted octanol–water partition coefficient (Wildman–Crippen LogP) is 4.61. The van der Waals surface area contributed by atoms with E-state index in [1.807, 2.05) is 0 Å². The van der Waals surface area contributed by atoms with Gasteiger partial charge in [0, 0.05) is 36.1 Å². The lowest BCUT2D eigenvalue weighted by atomic mass is 9.77. The number of anilines is 2. The Hall–Kier alpha value is -2.60. The molecule has 0 bridgehead atoms. The molecular weight excluding hydrogens is 550 g/mol. The molecule has 2 heterocycles. The summed E-state index contributed by atoms with van der Waals surface area (Å²) < 4.78 is 33.8. The minimum atomic E-state index is -2.87. The number of nitrogens with zero attached hydrogens (tertiary/aromatic N) is 1. The molecule has 3 fully saturated rings. The molecule has 210 valence electrons. The van der Waals surface area contributed by atoms with E-state index in [4.69, 9.17) is 16.3 Å². The van der Waals surface area contributed by atoms with Gasteiger partial charge in [-0.1, -0.05) is 18.0 Å². The van der Waals surface area contributed by atoms with Gasteiger partial charge in [-0.05, 0) is 67.9 Å². The van der Waals surface area contributed by atoms with Crippen molar-refractivity contribution in [3.8, 4) is 0 Å². The van der Waals surface area contributed by atoms with Crippen LogP contribution in [-0.2, 0) is 14.3 Å². The predicted molar refractivity (Wildman–Crippen MR) is 146 cm³/mol. The zero-order valence-corrected chi connectivity index (χ0v) is 22.8. The highest BCUT2D eigenvalue weighted by Gasteiger charge is 2.41. The fourth-order valence-electron chi connectivity index (χ4n) is 5.11. The van der Waals surface area contributed by atoms with Crippen LogP contribution in [0.25, 0.3) is 0 Å². The van der Waals surface area contributed by atoms with Crippen LogP contribution in [0.3, 0.4) is 0 Å². The number of amides is 3. The van der Waals surface area contributed by atoms with Crippen LogP contribution < -0.4 is 20.9 Å². The molecule has 1 aromatic heterocycles. The highest BCUT2D eigenvalue weighted by atomic mass is 35.5. The van der Waals surface area contributed by atoms with Crippen molar-refractivity contribution in [2.75, 3.05) is 36.5 Å². The molecular formula is C27H31ClF2N4O4S. The molecule has 2 atom stereocenters. The van der Waals surface area contributed by atoms with Gasteiger partial charge in [0.05, 0.1) is 15.8 Å². The van der Waals surface area contributed by atoms with Crippen molar-refractivity contribution in [2.45, 2.75) is 50.6 Å². The second-order valence-electron chi connectivity index (χ2n) is 10.2. The summed E-state index contributed by atoms with van der Waals surface area (Å²) in [5.74, 6) is -0.249. The van der Waals surface area contributed by atoms with Crippen molar-refractivity contribution < 1.29 is 27.9 Å². The zero-order valence-electron chi connectivity index (χ0n) is 21.3. The van der Waals surface area contributed by atoms with Crippen molar-refractivity contribution in [3.63, 3.8) is 0 Å². The summed E-state index contributed by atoms with van der Waals surface area (Å²) in [6, 6.07) is 6.70. The Kier molecular flexibility index (Phi) is 8.80. The highest BCUT2D eigenvalue weighted by Crippen LogP contribution is 2.42. The molecule has 0 spiro atoms. The number of hydrogen-bond donors (Lipinski definition) is 3. The van der Waals surface area contributed by atoms with Crippen LogP contribution in [0.2, 0.25) is 4.34 Å². The van der Waals surface area contributed by atoms with Gasteiger partial charge in [-0.25, -0.2) is 8.78 Å². The highest BCUT2D eigenvalue weighted by molar-refractivity contribution is 7.18. The van der Waals surface area contributed by atoms with Crippen molar-refractivity contribution in [1.82, 2.24) is 10.6 Å². The molecule has 1 unspecified atom stereocenters. The van der Waals surface area contributed by atoms with Gasteiger partial charge >= 0.3 is 0 Å². The van der Waals surface area contributed by atoms with Crippen LogP contribution in [-0.4, -0.2) is 56.1 Å². The van der Waals surface area contributed by atoms with Crippen LogP contribution >= 0.6 is 22.9 Å². The molecule has 0 radical (unpaired) electrons. The maximum atomic E-state index is 14.1. The van der Waals surface area contributed by atoms with E-state index in [0.717, 1.165) is 43.4 Å². The SMILES string of the molecule is O=C(NC[C@H](NC(C1CCC1)C1CC1)C(=O)Nc1ccc(N2CCOCC2=O)cc1C(F)F)c1ccc(Cl)s1. The van der Waals surface area contributed by atoms with E-state index in [9.17, 15) is 23.2 Å². The monoisotopic (exact) mass is 580 g/mol. The molecule has 39 heavy (non-hydrogen) atoms. The molecule has 8 nitrogen and oxygen atoms in total. The summed E-state index contributed by atoms with van der Waals surface area (Å²) in [5, 5.41) is 8.92. The normalized spacial score (nSPS) is 19.5. The van der Waals surface area contributed by atoms with Gasteiger partial charge in [-0.3, -0.25) is 14.4 Å². The number of rotatable bonds is 11. The van der Waals surface area contributed by atoms with Crippen molar-refractivity contribution in [1.29, 1.82) is 0 Å². The summed E-state index contributed by atoms with van der Waals surface area (Å²) >= 11 is 7.09. The number of halogens is 3. The van der Waals surface area contributed by atoms with E-state index in [1.165, 1.54) is 23.1 Å². The fraction of sp³-hybridized carbons (Fsp3) is 0.519. The first kappa shape index (κ1) is 27.9. The number of hydrogen-bond acceptors (Lipinski definition) is 6. The van der Waals surface area contributed by atoms with Crippen LogP contribution in [0.15, 0.2) is 30.3 Å². The van der Waals surface area contributed by atoms with E-state index in [1.54, 1.807) is 12.1 Å². The van der Waals surface area contributed by atoms with Gasteiger partial charge in [-0.15, -0.1) is 11.3 Å². The third-order valence-corrected chi connectivity index (χ3v) is 8.82. The van der Waals surface area contributed by atoms with E-state index >= 15 is 0 Å². The zero-order chi connectivity index (χ0) is 27.5. The molecule has 1 saturated heterocycles. The van der Waals surface area contributed by atoms with Crippen molar-refractivity contribution >= 4 is 52.0 Å². The topological polar surface area (TPSA) is 99.8 Å². The molecule has 2 saturated carbocycles. The maximum absolute atomic E-state index is 14.1. The smallest absolute Gasteiger partial charge is 0.265 e. The minimum Gasteiger partial charge on any atom is -0.370 e. The third-order valence-electron chi connectivity index (χ3n) is 7.59. The van der Waals surface area contributed by atoms with Gasteiger partial charge in [-0.2, -0.15) is 0 Å². The van der Waals surface area contributed by atoms with Crippen molar-refractivity contribution in [3.05, 3.63) is 45.1 Å². The van der Waals surface area contributed by atoms with Crippen LogP contribution in [0.1, 0.15) is 53.8 Å². The van der Waals surface area contributed by atoms with E-state index < -0.39 is 18.4 Å². The fourth-order valence-corrected chi connectivity index (χ4v) is 6.07. The first-order valence-electron chi connectivity index (χ1n) is 13.2. The molecule has 1 aromatic carbocycles. The number of thiophene rings is 1. The second-order valence-corrected chi connectivity index (χ2v) is 12.0. The van der Waals surface area contributed by atoms with Crippen molar-refractivity contribution in [2.24, 2.45) is 11.8 Å². The average Bonchev–Trinajstić information content (AvgIpc) is 3.64. The summed E-state index contributed by atoms with van der Waals surface area (Å²) in [5.41, 5.74) is -0.0879. The van der Waals surface area contributed by atoms with Gasteiger partial charge in [0.15, 0.2) is 0 Å². The largest absolute Gasteiger partial charge is 0.370 e. The number of benzene rings is 1. The third kappa shape index (κ3) is 6.77. The second kappa shape index (κ2) is 12.3. The molecule has 2 aromatic rings. The van der Waals surface area contributed by atoms with Gasteiger partial charge in [0.1, 0.15) is 12.6 Å². The number of carbonyl (C=O) groups is 3. The number of morpholine rings is 1. The summed E-state index contributed by atoms with van der Waals surface area (Å²) in [6.45, 7) is 0.453. The Balaban J connectivity index is 1.33. The van der Waals surface area contributed by atoms with Crippen LogP contribution in [0, 0.1) is 11.8 Å². The quantitative estimate of drug-likeness (QED) is 0.361. The molecule has 2 aliphatic carbocycles. The van der Waals surface area contributed by atoms with Gasteiger partial charge in [0.2, 0.25) is 5.91 Å². The number of alkyl halides is 2. The Labute approximate surface area is 234 Å². The van der Waals surface area contributed by atoms with Crippen LogP contribution in [0.4, 0.5) is 20.2 Å². The summed E-state index contributed by atoms with van der Waals surface area (Å²) in [6.07, 6.45) is 2.61. The maximum Gasteiger partial charge on any atom is 0.265 e. The standard InChI is InChI=1S/C27H31ClF2N4O4S/c28-22-9-8-21(39-22)27(37)31-13-20(32-24(16-4-5-16)15-2-1-3-15)26(36)33-19-7-6-17(12-18(19)25(29)30)34-10-11-38-14-23(34)35/h6-9,12,15-16,20,24-25,32H,1-5,10-11,13-14H2,(H,31,37)(H,33,36)/t20-,24?/m0/s1. The Morgan fingerprint density at radius 2 is 1.90 bits per heavy atom. The summed E-state index contributed by atoms with van der Waals surface area (Å²) in [4.78, 5) is 40.2. The molecule has 3 aliphatic rings. The lowest BCUT2D eigenvalue weighted by Gasteiger charge is -2.37. The first-order chi connectivity index (χ1) is 18.8. The minimum absolute atomic E-state index is 0.0134. The average molecular weight is 581 g/mol. The number of ether oxygens (including phenoxy) is 1. The van der Waals surface area contributed by atoms with E-state index in [0.29, 0.717) is 33.3 Å². The lowest BCUT2D eigenvalue weighted by molar-refractivity contribution is -0.125. The molecule has 1 aliphatic heterocycles. The molecule has 3 amide bonds. The number of carbonyl (C=O) groups excluding carboxylic acids is 3. The number of nitrogens with one attached hydrogen (secondary N) is 3. The Morgan fingerprint density at radius 1 is 1.13 bits per heavy atom. The Morgan fingerprint density at radius 3 is 2.51 bits per heavy atom. The van der Waals surface area contributed by atoms with E-state index in [-0.39, 0.29) is 48.8 Å². The molecule has 3 N–H and O–H groups in total. The van der Waals surface area contributed by atoms with Gasteiger partial charge in [0.25, 0.3) is 18.2 Å². The summed E-state index contributed by atoms with van der Waals surface area (Å²) in [7, 11) is 0. The molecule has 12 heteroatoms. The lowest BCUT2D eigenvalue weighted by Crippen LogP contribution is -2.55. The first-order valence-corrected chi connectivity index (χ1v) is 14.4. The Bertz CT molecular complexity index is 1220. The van der Waals surface area contributed by atoms with Crippen LogP contribution in [0.5, 0.6) is 0 Å². The van der Waals surface area contributed by atoms with Gasteiger partial charge < -0.3 is 25.6 Å².